The molecule has 5 rings (SSSR count). The average Bonchev–Trinajstić information content (AvgIpc) is 3.22. The van der Waals surface area contributed by atoms with Crippen LogP contribution < -0.4 is 27.6 Å². The summed E-state index contributed by atoms with van der Waals surface area (Å²) in [5.41, 5.74) is -5.92. The van der Waals surface area contributed by atoms with Gasteiger partial charge in [0.05, 0.1) is 0 Å². The molecule has 22 heteroatoms. The Morgan fingerprint density at radius 1 is 0.350 bits per heavy atom. The van der Waals surface area contributed by atoms with Crippen LogP contribution in [0.5, 0.6) is 0 Å². The molecule has 0 fully saturated rings. The topological polar surface area (TPSA) is 27.6 Å². The third kappa shape index (κ3) is 7.55. The van der Waals surface area contributed by atoms with E-state index in [1.54, 1.807) is 0 Å². The van der Waals surface area contributed by atoms with Gasteiger partial charge in [-0.15, -0.1) is 21.9 Å². The van der Waals surface area contributed by atoms with E-state index in [-0.39, 0.29) is 0 Å². The fourth-order valence-electron chi connectivity index (χ4n) is 6.84. The first kappa shape index (κ1) is 47.4. The molecule has 0 atom stereocenters. The van der Waals surface area contributed by atoms with Crippen LogP contribution in [0.4, 0.5) is 93.5 Å². The summed E-state index contributed by atoms with van der Waals surface area (Å²) in [5.74, 6) is -71.4. The van der Waals surface area contributed by atoms with E-state index in [1.165, 1.54) is 55.3 Å². The van der Waals surface area contributed by atoms with Crippen LogP contribution in [0.1, 0.15) is 50.7 Å². The Balaban J connectivity index is 0.000000445. The van der Waals surface area contributed by atoms with Gasteiger partial charge in [0.25, 0.3) is 0 Å². The fraction of sp³-hybridized carbons (Fsp3) is 0.211. The second-order valence-electron chi connectivity index (χ2n) is 13.1. The van der Waals surface area contributed by atoms with Gasteiger partial charge in [0, 0.05) is 5.56 Å². The molecule has 0 aliphatic rings. The minimum absolute atomic E-state index is 1.20. The second kappa shape index (κ2) is 18.1. The summed E-state index contributed by atoms with van der Waals surface area (Å²) < 4.78 is 294. The molecule has 60 heavy (non-hydrogen) atoms. The van der Waals surface area contributed by atoms with Gasteiger partial charge in [-0.25, -0.2) is 87.8 Å². The Kier molecular flexibility index (Phi) is 14.3. The normalized spacial score (nSPS) is 11.7. The lowest BCUT2D eigenvalue weighted by Crippen LogP contribution is -2.81. The van der Waals surface area contributed by atoms with Crippen LogP contribution in [-0.4, -0.2) is 6.15 Å². The number of hydrogen-bond acceptors (Lipinski definition) is 0. The zero-order valence-corrected chi connectivity index (χ0v) is 30.3. The van der Waals surface area contributed by atoms with Gasteiger partial charge in [-0.1, -0.05) is 38.8 Å². The molecule has 0 bridgehead atoms. The molecule has 0 saturated carbocycles. The van der Waals surface area contributed by atoms with E-state index in [4.69, 9.17) is 0 Å². The monoisotopic (exact) mass is 885 g/mol. The van der Waals surface area contributed by atoms with Crippen LogP contribution in [0.3, 0.4) is 0 Å². The molecule has 0 aliphatic heterocycles. The number of unbranched alkanes of at least 4 members (excludes halogenated alkanes) is 2. The number of halogens is 20. The summed E-state index contributed by atoms with van der Waals surface area (Å²) in [5, 5.41) is 0. The molecule has 324 valence electrons. The molecule has 0 amide bonds. The number of aryl methyl sites for hydroxylation is 1. The summed E-state index contributed by atoms with van der Waals surface area (Å²) in [6.45, 7) is 4.50. The lowest BCUT2D eigenvalue weighted by Gasteiger charge is -2.44. The minimum atomic E-state index is -7.22. The average molecular weight is 885 g/mol. The number of quaternary nitrogens is 1. The van der Waals surface area contributed by atoms with Crippen molar-refractivity contribution in [3.05, 3.63) is 146 Å². The highest BCUT2D eigenvalue weighted by atomic mass is 19.2. The molecule has 0 heterocycles. The van der Waals surface area contributed by atoms with E-state index in [9.17, 15) is 52.7 Å². The highest BCUT2D eigenvalue weighted by molar-refractivity contribution is 7.20. The zero-order chi connectivity index (χ0) is 45.5. The van der Waals surface area contributed by atoms with Crippen molar-refractivity contribution in [3.63, 3.8) is 0 Å². The highest BCUT2D eigenvalue weighted by Crippen LogP contribution is 2.31. The van der Waals surface area contributed by atoms with E-state index in [0.717, 1.165) is 0 Å². The lowest BCUT2D eigenvalue weighted by atomic mass is 9.12. The lowest BCUT2D eigenvalue weighted by molar-refractivity contribution is -0.255. The van der Waals surface area contributed by atoms with Gasteiger partial charge in [0.2, 0.25) is 0 Å². The Morgan fingerprint density at radius 2 is 0.583 bits per heavy atom. The van der Waals surface area contributed by atoms with Crippen molar-refractivity contribution in [2.24, 2.45) is 0 Å². The first-order chi connectivity index (χ1) is 28.0. The Morgan fingerprint density at radius 3 is 0.833 bits per heavy atom. The van der Waals surface area contributed by atoms with Gasteiger partial charge in [-0.05, 0) is 37.3 Å². The molecule has 0 unspecified atom stereocenters. The van der Waals surface area contributed by atoms with Crippen LogP contribution >= 0.6 is 0 Å². The maximum absolute atomic E-state index is 15.4. The van der Waals surface area contributed by atoms with Crippen molar-refractivity contribution in [1.29, 1.82) is 0 Å². The summed E-state index contributed by atoms with van der Waals surface area (Å²) in [6, 6.07) is 6.55. The van der Waals surface area contributed by atoms with Crippen LogP contribution in [0.2, 0.25) is 0 Å². The largest absolute Gasteiger partial charge is 0.325 e. The van der Waals surface area contributed by atoms with Gasteiger partial charge < -0.3 is 5.73 Å². The second-order valence-corrected chi connectivity index (χ2v) is 13.1. The first-order valence-corrected chi connectivity index (χ1v) is 17.2. The smallest absolute Gasteiger partial charge is 0.200 e. The maximum atomic E-state index is 15.4. The van der Waals surface area contributed by atoms with Gasteiger partial charge in [0.15, 0.2) is 69.8 Å². The quantitative estimate of drug-likeness (QED) is 0.0628. The van der Waals surface area contributed by atoms with Crippen molar-refractivity contribution in [3.8, 4) is 0 Å². The maximum Gasteiger partial charge on any atom is 0.200 e. The van der Waals surface area contributed by atoms with E-state index in [0.29, 0.717) is 0 Å². The molecule has 0 aromatic heterocycles. The molecule has 0 aliphatic carbocycles. The predicted molar refractivity (Wildman–Crippen MR) is 175 cm³/mol. The standard InChI is InChI=1S/C24BF20.C14H23N/c26-5-1(6(27)14(35)21(42)13(5)34)25(2-7(28)15(36)22(43)16(37)8(2)29,3-9(30)17(38)23(44)18(39)10(3)31)4-11(32)19(40)24(45)20(41)12(4)33;1-3-5-8-12-9-7-11-14(15)13(12)10-6-4-2/h;7,9,11H,3-6,8,10,15H2,1-2H3/q-1;/p+1. The predicted octanol–water partition coefficient (Wildman–Crippen LogP) is 9.09. The third-order valence-electron chi connectivity index (χ3n) is 9.66. The van der Waals surface area contributed by atoms with E-state index in [1.807, 2.05) is 0 Å². The van der Waals surface area contributed by atoms with E-state index >= 15 is 35.1 Å². The Hall–Kier alpha value is -5.28. The molecule has 0 radical (unpaired) electrons. The summed E-state index contributed by atoms with van der Waals surface area (Å²) in [4.78, 5) is 0. The van der Waals surface area contributed by atoms with Crippen LogP contribution in [-0.2, 0) is 12.8 Å². The summed E-state index contributed by atoms with van der Waals surface area (Å²) >= 11 is 0. The highest BCUT2D eigenvalue weighted by Gasteiger charge is 2.52. The van der Waals surface area contributed by atoms with Gasteiger partial charge >= 0.3 is 0 Å². The number of rotatable bonds is 10. The van der Waals surface area contributed by atoms with Gasteiger partial charge in [-0.3, -0.25) is 0 Å². The molecular formula is C38H24BF20N. The molecule has 1 nitrogen and oxygen atoms in total. The van der Waals surface area contributed by atoms with E-state index in [2.05, 4.69) is 37.8 Å². The third-order valence-corrected chi connectivity index (χ3v) is 9.66. The summed E-state index contributed by atoms with van der Waals surface area (Å²) in [7, 11) is 0. The molecule has 5 aromatic rings. The van der Waals surface area contributed by atoms with Gasteiger partial charge in [-0.2, -0.15) is 0 Å². The van der Waals surface area contributed by atoms with Crippen LogP contribution in [0, 0.1) is 116 Å². The number of hydrogen-bond donors (Lipinski definition) is 1. The van der Waals surface area contributed by atoms with Crippen LogP contribution in [0.15, 0.2) is 18.2 Å². The van der Waals surface area contributed by atoms with Crippen molar-refractivity contribution >= 4 is 33.7 Å². The van der Waals surface area contributed by atoms with Crippen LogP contribution in [0.25, 0.3) is 0 Å². The molecule has 3 N–H and O–H groups in total. The molecule has 0 saturated heterocycles. The minimum Gasteiger partial charge on any atom is -0.325 e. The molecule has 0 spiro atoms. The Labute approximate surface area is 325 Å². The van der Waals surface area contributed by atoms with Gasteiger partial charge in [0.1, 0.15) is 58.4 Å². The Bertz CT molecular complexity index is 2110. The summed E-state index contributed by atoms with van der Waals surface area (Å²) in [6.07, 6.45) is 0.323. The van der Waals surface area contributed by atoms with Crippen molar-refractivity contribution in [2.75, 3.05) is 0 Å². The number of benzene rings is 5. The fourth-order valence-corrected chi connectivity index (χ4v) is 6.84. The molecule has 5 aromatic carbocycles. The van der Waals surface area contributed by atoms with Crippen molar-refractivity contribution < 1.29 is 93.5 Å². The zero-order valence-electron chi connectivity index (χ0n) is 30.3. The SMILES string of the molecule is CCCCc1cccc([NH3+])c1CCCC.Fc1c(F)c(F)c([B-](c2c(F)c(F)c(F)c(F)c2F)(c2c(F)c(F)c(F)c(F)c2F)c2c(F)c(F)c(F)c(F)c2F)c(F)c1F. The first-order valence-electron chi connectivity index (χ1n) is 17.2. The van der Waals surface area contributed by atoms with Crippen molar-refractivity contribution in [2.45, 2.75) is 52.4 Å². The van der Waals surface area contributed by atoms with E-state index < -0.39 is 144 Å². The molecular weight excluding hydrogens is 861 g/mol. The van der Waals surface area contributed by atoms with Crippen molar-refractivity contribution in [1.82, 2.24) is 0 Å².